The van der Waals surface area contributed by atoms with Crippen molar-refractivity contribution < 1.29 is 4.79 Å². The summed E-state index contributed by atoms with van der Waals surface area (Å²) in [6.07, 6.45) is 4.51. The molecule has 0 heterocycles. The molecule has 0 amide bonds. The van der Waals surface area contributed by atoms with Gasteiger partial charge in [0.2, 0.25) is 0 Å². The van der Waals surface area contributed by atoms with Gasteiger partial charge in [0.25, 0.3) is 0 Å². The van der Waals surface area contributed by atoms with Crippen LogP contribution in [-0.2, 0) is 4.79 Å². The molecule has 0 aromatic carbocycles. The first-order valence-electron chi connectivity index (χ1n) is 4.71. The van der Waals surface area contributed by atoms with Crippen molar-refractivity contribution in [3.8, 4) is 0 Å². The fourth-order valence-electron chi connectivity index (χ4n) is 2.60. The minimum absolute atomic E-state index is 0.216. The summed E-state index contributed by atoms with van der Waals surface area (Å²) < 4.78 is 0. The number of hydrogen-bond donors (Lipinski definition) is 0. The summed E-state index contributed by atoms with van der Waals surface area (Å²) in [5.41, 5.74) is 1.76. The number of carbonyl (C=O) groups excluding carboxylic acids is 1. The first kappa shape index (κ1) is 8.03. The molecule has 3 atom stereocenters. The number of hydrogen-bond acceptors (Lipinski definition) is 1. The van der Waals surface area contributed by atoms with Gasteiger partial charge in [-0.15, -0.1) is 0 Å². The highest BCUT2D eigenvalue weighted by Gasteiger charge is 2.58. The second-order valence-electron chi connectivity index (χ2n) is 4.84. The van der Waals surface area contributed by atoms with E-state index in [4.69, 9.17) is 0 Å². The molecule has 1 saturated carbocycles. The Morgan fingerprint density at radius 3 is 2.83 bits per heavy atom. The van der Waals surface area contributed by atoms with Gasteiger partial charge in [0.05, 0.1) is 0 Å². The molecular weight excluding hydrogens is 148 g/mol. The monoisotopic (exact) mass is 164 g/mol. The van der Waals surface area contributed by atoms with E-state index in [9.17, 15) is 4.79 Å². The standard InChI is InChI=1S/C11H16O/c1-7-4-9-10(11(9,2)3)5-8(7)6-12/h4,6,8-10H,5H2,1-3H3. The van der Waals surface area contributed by atoms with E-state index in [2.05, 4.69) is 26.8 Å². The highest BCUT2D eigenvalue weighted by molar-refractivity contribution is 5.60. The van der Waals surface area contributed by atoms with E-state index in [0.29, 0.717) is 5.41 Å². The van der Waals surface area contributed by atoms with Gasteiger partial charge in [-0.2, -0.15) is 0 Å². The number of fused-ring (bicyclic) bond motifs is 1. The third kappa shape index (κ3) is 0.886. The summed E-state index contributed by atoms with van der Waals surface area (Å²) >= 11 is 0. The molecule has 2 rings (SSSR count). The van der Waals surface area contributed by atoms with Crippen LogP contribution < -0.4 is 0 Å². The quantitative estimate of drug-likeness (QED) is 0.429. The lowest BCUT2D eigenvalue weighted by molar-refractivity contribution is -0.110. The SMILES string of the molecule is CC1=CC2C(CC1C=O)C2(C)C. The molecule has 0 bridgehead atoms. The molecule has 0 saturated heterocycles. The lowest BCUT2D eigenvalue weighted by atomic mass is 9.90. The van der Waals surface area contributed by atoms with Crippen molar-refractivity contribution in [3.05, 3.63) is 11.6 Å². The predicted molar refractivity (Wildman–Crippen MR) is 48.7 cm³/mol. The van der Waals surface area contributed by atoms with Crippen LogP contribution in [0.15, 0.2) is 11.6 Å². The average molecular weight is 164 g/mol. The highest BCUT2D eigenvalue weighted by atomic mass is 16.1. The molecule has 0 N–H and O–H groups in total. The van der Waals surface area contributed by atoms with E-state index in [0.717, 1.165) is 24.5 Å². The van der Waals surface area contributed by atoms with E-state index < -0.39 is 0 Å². The fourth-order valence-corrected chi connectivity index (χ4v) is 2.60. The third-order valence-corrected chi connectivity index (χ3v) is 3.84. The maximum Gasteiger partial charge on any atom is 0.127 e. The Hall–Kier alpha value is -0.590. The lowest BCUT2D eigenvalue weighted by Crippen LogP contribution is -2.09. The molecular formula is C11H16O. The van der Waals surface area contributed by atoms with Gasteiger partial charge in [0.15, 0.2) is 0 Å². The summed E-state index contributed by atoms with van der Waals surface area (Å²) in [5.74, 6) is 1.75. The average Bonchev–Trinajstić information content (AvgIpc) is 2.52. The Kier molecular flexibility index (Phi) is 1.48. The van der Waals surface area contributed by atoms with Crippen LogP contribution in [0, 0.1) is 23.2 Å². The first-order chi connectivity index (χ1) is 5.57. The zero-order valence-corrected chi connectivity index (χ0v) is 8.00. The van der Waals surface area contributed by atoms with Crippen molar-refractivity contribution >= 4 is 6.29 Å². The Balaban J connectivity index is 2.21. The molecule has 1 fully saturated rings. The summed E-state index contributed by atoms with van der Waals surface area (Å²) in [4.78, 5) is 10.7. The van der Waals surface area contributed by atoms with Crippen molar-refractivity contribution in [2.24, 2.45) is 23.2 Å². The minimum atomic E-state index is 0.216. The molecule has 0 aromatic rings. The van der Waals surface area contributed by atoms with Crippen molar-refractivity contribution in [1.82, 2.24) is 0 Å². The lowest BCUT2D eigenvalue weighted by Gasteiger charge is -2.14. The molecule has 0 radical (unpaired) electrons. The van der Waals surface area contributed by atoms with Crippen molar-refractivity contribution in [2.75, 3.05) is 0 Å². The van der Waals surface area contributed by atoms with Crippen LogP contribution in [0.3, 0.4) is 0 Å². The third-order valence-electron chi connectivity index (χ3n) is 3.84. The molecule has 2 aliphatic carbocycles. The van der Waals surface area contributed by atoms with E-state index in [1.54, 1.807) is 0 Å². The van der Waals surface area contributed by atoms with Crippen LogP contribution >= 0.6 is 0 Å². The molecule has 0 aliphatic heterocycles. The zero-order chi connectivity index (χ0) is 8.93. The summed E-state index contributed by atoms with van der Waals surface area (Å²) in [5, 5.41) is 0. The van der Waals surface area contributed by atoms with Gasteiger partial charge in [-0.05, 0) is 30.6 Å². The van der Waals surface area contributed by atoms with Gasteiger partial charge in [-0.25, -0.2) is 0 Å². The molecule has 12 heavy (non-hydrogen) atoms. The van der Waals surface area contributed by atoms with Crippen LogP contribution in [0.25, 0.3) is 0 Å². The largest absolute Gasteiger partial charge is 0.303 e. The van der Waals surface area contributed by atoms with E-state index in [1.807, 2.05) is 0 Å². The first-order valence-corrected chi connectivity index (χ1v) is 4.71. The predicted octanol–water partition coefficient (Wildman–Crippen LogP) is 2.42. The van der Waals surface area contributed by atoms with E-state index in [-0.39, 0.29) is 5.92 Å². The van der Waals surface area contributed by atoms with Crippen molar-refractivity contribution in [1.29, 1.82) is 0 Å². The molecule has 66 valence electrons. The number of allylic oxidation sites excluding steroid dienone is 2. The van der Waals surface area contributed by atoms with Gasteiger partial charge < -0.3 is 4.79 Å². The second-order valence-corrected chi connectivity index (χ2v) is 4.84. The number of rotatable bonds is 1. The van der Waals surface area contributed by atoms with E-state index in [1.165, 1.54) is 5.57 Å². The molecule has 2 aliphatic rings. The fraction of sp³-hybridized carbons (Fsp3) is 0.727. The Morgan fingerprint density at radius 2 is 2.25 bits per heavy atom. The van der Waals surface area contributed by atoms with Gasteiger partial charge in [-0.1, -0.05) is 25.5 Å². The van der Waals surface area contributed by atoms with Gasteiger partial charge in [0.1, 0.15) is 6.29 Å². The second kappa shape index (κ2) is 2.21. The Labute approximate surface area is 73.8 Å². The van der Waals surface area contributed by atoms with Crippen LogP contribution in [-0.4, -0.2) is 6.29 Å². The normalized spacial score (nSPS) is 42.9. The van der Waals surface area contributed by atoms with Crippen LogP contribution in [0.4, 0.5) is 0 Å². The van der Waals surface area contributed by atoms with Crippen LogP contribution in [0.2, 0.25) is 0 Å². The maximum atomic E-state index is 10.7. The summed E-state index contributed by atoms with van der Waals surface area (Å²) in [6, 6.07) is 0. The smallest absolute Gasteiger partial charge is 0.127 e. The Bertz CT molecular complexity index is 250. The molecule has 3 unspecified atom stereocenters. The Morgan fingerprint density at radius 1 is 1.58 bits per heavy atom. The number of aldehydes is 1. The molecule has 1 nitrogen and oxygen atoms in total. The molecule has 0 aromatic heterocycles. The minimum Gasteiger partial charge on any atom is -0.303 e. The molecule has 1 heteroatoms. The highest BCUT2D eigenvalue weighted by Crippen LogP contribution is 2.64. The van der Waals surface area contributed by atoms with Crippen molar-refractivity contribution in [3.63, 3.8) is 0 Å². The van der Waals surface area contributed by atoms with Gasteiger partial charge in [-0.3, -0.25) is 0 Å². The van der Waals surface area contributed by atoms with Gasteiger partial charge in [0, 0.05) is 5.92 Å². The topological polar surface area (TPSA) is 17.1 Å². The maximum absolute atomic E-state index is 10.7. The van der Waals surface area contributed by atoms with Crippen molar-refractivity contribution in [2.45, 2.75) is 27.2 Å². The number of carbonyl (C=O) groups is 1. The van der Waals surface area contributed by atoms with Crippen LogP contribution in [0.5, 0.6) is 0 Å². The summed E-state index contributed by atoms with van der Waals surface area (Å²) in [6.45, 7) is 6.70. The van der Waals surface area contributed by atoms with Crippen LogP contribution in [0.1, 0.15) is 27.2 Å². The summed E-state index contributed by atoms with van der Waals surface area (Å²) in [7, 11) is 0. The molecule has 0 spiro atoms. The zero-order valence-electron chi connectivity index (χ0n) is 8.00. The van der Waals surface area contributed by atoms with E-state index >= 15 is 0 Å². The van der Waals surface area contributed by atoms with Gasteiger partial charge >= 0.3 is 0 Å².